The molecular formula is C13H15F2NO. The van der Waals surface area contributed by atoms with Crippen LogP contribution in [0.25, 0.3) is 0 Å². The summed E-state index contributed by atoms with van der Waals surface area (Å²) in [6.07, 6.45) is 1.27. The summed E-state index contributed by atoms with van der Waals surface area (Å²) in [5, 5.41) is 8.79. The molecule has 0 aromatic heterocycles. The predicted molar refractivity (Wildman–Crippen MR) is 60.5 cm³/mol. The highest BCUT2D eigenvalue weighted by molar-refractivity contribution is 5.24. The molecule has 1 aromatic rings. The first-order valence-corrected chi connectivity index (χ1v) is 5.44. The molecule has 17 heavy (non-hydrogen) atoms. The standard InChI is InChI=1S/C13H15F2NO/c1-13(2,9-16)7-4-8-17-11-6-3-5-10(14)12(11)15/h3,5-6H,4,7-8H2,1-2H3. The van der Waals surface area contributed by atoms with E-state index in [-0.39, 0.29) is 12.4 Å². The van der Waals surface area contributed by atoms with Crippen LogP contribution in [0.5, 0.6) is 5.75 Å². The van der Waals surface area contributed by atoms with Gasteiger partial charge in [-0.1, -0.05) is 6.07 Å². The van der Waals surface area contributed by atoms with Crippen molar-refractivity contribution in [2.75, 3.05) is 6.61 Å². The lowest BCUT2D eigenvalue weighted by Crippen LogP contribution is -2.10. The molecule has 0 saturated carbocycles. The van der Waals surface area contributed by atoms with Gasteiger partial charge < -0.3 is 4.74 Å². The summed E-state index contributed by atoms with van der Waals surface area (Å²) in [6, 6.07) is 5.99. The molecule has 0 fully saturated rings. The molecule has 0 N–H and O–H groups in total. The van der Waals surface area contributed by atoms with Crippen molar-refractivity contribution in [1.82, 2.24) is 0 Å². The van der Waals surface area contributed by atoms with Gasteiger partial charge >= 0.3 is 0 Å². The summed E-state index contributed by atoms with van der Waals surface area (Å²) >= 11 is 0. The second-order valence-electron chi connectivity index (χ2n) is 4.50. The first kappa shape index (κ1) is 13.4. The first-order valence-electron chi connectivity index (χ1n) is 5.44. The van der Waals surface area contributed by atoms with Gasteiger partial charge in [0.25, 0.3) is 0 Å². The Labute approximate surface area is 99.8 Å². The lowest BCUT2D eigenvalue weighted by molar-refractivity contribution is 0.269. The molecule has 0 saturated heterocycles. The van der Waals surface area contributed by atoms with Gasteiger partial charge in [0, 0.05) is 0 Å². The minimum Gasteiger partial charge on any atom is -0.490 e. The Hall–Kier alpha value is -1.63. The molecule has 0 aliphatic carbocycles. The van der Waals surface area contributed by atoms with E-state index >= 15 is 0 Å². The van der Waals surface area contributed by atoms with Crippen molar-refractivity contribution in [3.63, 3.8) is 0 Å². The van der Waals surface area contributed by atoms with Crippen LogP contribution >= 0.6 is 0 Å². The zero-order valence-electron chi connectivity index (χ0n) is 9.96. The van der Waals surface area contributed by atoms with Gasteiger partial charge in [-0.2, -0.15) is 9.65 Å². The number of nitrogens with zero attached hydrogens (tertiary/aromatic N) is 1. The van der Waals surface area contributed by atoms with Gasteiger partial charge in [-0.3, -0.25) is 0 Å². The lowest BCUT2D eigenvalue weighted by atomic mass is 9.90. The first-order chi connectivity index (χ1) is 7.96. The van der Waals surface area contributed by atoms with Crippen molar-refractivity contribution in [2.24, 2.45) is 5.41 Å². The van der Waals surface area contributed by atoms with Crippen LogP contribution in [0.3, 0.4) is 0 Å². The maximum Gasteiger partial charge on any atom is 0.200 e. The second kappa shape index (κ2) is 5.62. The van der Waals surface area contributed by atoms with Crippen molar-refractivity contribution in [1.29, 1.82) is 5.26 Å². The molecule has 0 amide bonds. The van der Waals surface area contributed by atoms with Crippen LogP contribution in [0.2, 0.25) is 0 Å². The number of rotatable bonds is 5. The second-order valence-corrected chi connectivity index (χ2v) is 4.50. The molecule has 2 nitrogen and oxygen atoms in total. The highest BCUT2D eigenvalue weighted by atomic mass is 19.2. The number of hydrogen-bond donors (Lipinski definition) is 0. The number of halogens is 2. The van der Waals surface area contributed by atoms with Gasteiger partial charge in [-0.15, -0.1) is 0 Å². The summed E-state index contributed by atoms with van der Waals surface area (Å²) < 4.78 is 31.1. The smallest absolute Gasteiger partial charge is 0.200 e. The zero-order valence-corrected chi connectivity index (χ0v) is 9.96. The third-order valence-corrected chi connectivity index (χ3v) is 2.42. The van der Waals surface area contributed by atoms with E-state index in [0.717, 1.165) is 6.07 Å². The van der Waals surface area contributed by atoms with Crippen molar-refractivity contribution in [2.45, 2.75) is 26.7 Å². The molecule has 0 aliphatic rings. The summed E-state index contributed by atoms with van der Waals surface area (Å²) in [6.45, 7) is 3.93. The summed E-state index contributed by atoms with van der Waals surface area (Å²) in [7, 11) is 0. The van der Waals surface area contributed by atoms with E-state index in [2.05, 4.69) is 6.07 Å². The molecule has 0 unspecified atom stereocenters. The molecule has 1 aromatic carbocycles. The van der Waals surface area contributed by atoms with Crippen LogP contribution in [0, 0.1) is 28.4 Å². The largest absolute Gasteiger partial charge is 0.490 e. The van der Waals surface area contributed by atoms with Crippen molar-refractivity contribution < 1.29 is 13.5 Å². The molecule has 0 bridgehead atoms. The molecule has 0 atom stereocenters. The Kier molecular flexibility index (Phi) is 4.45. The average Bonchev–Trinajstić information content (AvgIpc) is 2.30. The summed E-state index contributed by atoms with van der Waals surface area (Å²) in [5.74, 6) is -1.97. The topological polar surface area (TPSA) is 33.0 Å². The fourth-order valence-electron chi connectivity index (χ4n) is 1.35. The van der Waals surface area contributed by atoms with Gasteiger partial charge in [0.05, 0.1) is 18.1 Å². The average molecular weight is 239 g/mol. The number of ether oxygens (including phenoxy) is 1. The monoisotopic (exact) mass is 239 g/mol. The van der Waals surface area contributed by atoms with E-state index < -0.39 is 17.0 Å². The summed E-state index contributed by atoms with van der Waals surface area (Å²) in [4.78, 5) is 0. The Bertz CT molecular complexity index is 424. The molecule has 4 heteroatoms. The van der Waals surface area contributed by atoms with Crippen molar-refractivity contribution in [3.05, 3.63) is 29.8 Å². The SMILES string of the molecule is CC(C)(C#N)CCCOc1cccc(F)c1F. The van der Waals surface area contributed by atoms with Crippen LogP contribution in [0.1, 0.15) is 26.7 Å². The maximum absolute atomic E-state index is 13.2. The van der Waals surface area contributed by atoms with Gasteiger partial charge in [-0.05, 0) is 38.8 Å². The zero-order chi connectivity index (χ0) is 12.9. The molecule has 92 valence electrons. The highest BCUT2D eigenvalue weighted by Gasteiger charge is 2.16. The number of benzene rings is 1. The van der Waals surface area contributed by atoms with Gasteiger partial charge in [0.1, 0.15) is 0 Å². The van der Waals surface area contributed by atoms with Crippen LogP contribution in [-0.4, -0.2) is 6.61 Å². The maximum atomic E-state index is 13.2. The predicted octanol–water partition coefficient (Wildman–Crippen LogP) is 3.67. The quantitative estimate of drug-likeness (QED) is 0.734. The van der Waals surface area contributed by atoms with Crippen LogP contribution in [0.15, 0.2) is 18.2 Å². The lowest BCUT2D eigenvalue weighted by Gasteiger charge is -2.14. The van der Waals surface area contributed by atoms with E-state index in [0.29, 0.717) is 12.8 Å². The van der Waals surface area contributed by atoms with E-state index in [1.807, 2.05) is 13.8 Å². The third kappa shape index (κ3) is 4.03. The fraction of sp³-hybridized carbons (Fsp3) is 0.462. The van der Waals surface area contributed by atoms with Crippen LogP contribution in [-0.2, 0) is 0 Å². The normalized spacial score (nSPS) is 11.0. The van der Waals surface area contributed by atoms with E-state index in [1.165, 1.54) is 12.1 Å². The van der Waals surface area contributed by atoms with Gasteiger partial charge in [0.15, 0.2) is 11.6 Å². The van der Waals surface area contributed by atoms with E-state index in [9.17, 15) is 8.78 Å². The Morgan fingerprint density at radius 3 is 2.71 bits per heavy atom. The Morgan fingerprint density at radius 1 is 1.35 bits per heavy atom. The van der Waals surface area contributed by atoms with E-state index in [4.69, 9.17) is 10.00 Å². The van der Waals surface area contributed by atoms with E-state index in [1.54, 1.807) is 0 Å². The summed E-state index contributed by atoms with van der Waals surface area (Å²) in [5.41, 5.74) is -0.413. The molecular weight excluding hydrogens is 224 g/mol. The molecule has 0 spiro atoms. The Morgan fingerprint density at radius 2 is 2.06 bits per heavy atom. The molecule has 0 heterocycles. The third-order valence-electron chi connectivity index (χ3n) is 2.42. The number of nitriles is 1. The molecule has 0 radical (unpaired) electrons. The number of hydrogen-bond acceptors (Lipinski definition) is 2. The fourth-order valence-corrected chi connectivity index (χ4v) is 1.35. The highest BCUT2D eigenvalue weighted by Crippen LogP contribution is 2.22. The Balaban J connectivity index is 2.42. The van der Waals surface area contributed by atoms with Crippen LogP contribution in [0.4, 0.5) is 8.78 Å². The van der Waals surface area contributed by atoms with Gasteiger partial charge in [-0.25, -0.2) is 4.39 Å². The minimum atomic E-state index is -0.966. The van der Waals surface area contributed by atoms with Gasteiger partial charge in [0.2, 0.25) is 5.82 Å². The molecule has 1 rings (SSSR count). The molecule has 0 aliphatic heterocycles. The van der Waals surface area contributed by atoms with Crippen molar-refractivity contribution >= 4 is 0 Å². The van der Waals surface area contributed by atoms with Crippen molar-refractivity contribution in [3.8, 4) is 11.8 Å². The van der Waals surface area contributed by atoms with Crippen LogP contribution < -0.4 is 4.74 Å². The minimum absolute atomic E-state index is 0.0836.